The zero-order valence-corrected chi connectivity index (χ0v) is 31.7. The van der Waals surface area contributed by atoms with Gasteiger partial charge >= 0.3 is 0 Å². The fourth-order valence-corrected chi connectivity index (χ4v) is 7.27. The van der Waals surface area contributed by atoms with E-state index in [2.05, 4.69) is 94.7 Å². The summed E-state index contributed by atoms with van der Waals surface area (Å²) in [7, 11) is 0. The molecule has 0 amide bonds. The monoisotopic (exact) mass is 889 g/mol. The van der Waals surface area contributed by atoms with E-state index in [1.165, 1.54) is 41.3 Å². The Kier molecular flexibility index (Phi) is 7.78. The third-order valence-electron chi connectivity index (χ3n) is 8.80. The van der Waals surface area contributed by atoms with Crippen molar-refractivity contribution in [3.05, 3.63) is 185 Å². The topological polar surface area (TPSA) is 30.7 Å². The van der Waals surface area contributed by atoms with Crippen LogP contribution in [0.3, 0.4) is 0 Å². The van der Waals surface area contributed by atoms with Crippen molar-refractivity contribution in [2.45, 2.75) is 27.5 Å². The summed E-state index contributed by atoms with van der Waals surface area (Å²) in [6.07, 6.45) is 1.30. The van der Waals surface area contributed by atoms with Gasteiger partial charge < -0.3 is 9.55 Å². The number of aromatic nitrogens is 3. The summed E-state index contributed by atoms with van der Waals surface area (Å²) >= 11 is 1.43. The molecule has 9 aromatic rings. The summed E-state index contributed by atoms with van der Waals surface area (Å²) in [6, 6.07) is 49.4. The van der Waals surface area contributed by atoms with Gasteiger partial charge in [-0.3, -0.25) is 16.3 Å². The predicted octanol–water partition coefficient (Wildman–Crippen LogP) is 12.8. The maximum absolute atomic E-state index is 7.88. The van der Waals surface area contributed by atoms with Crippen molar-refractivity contribution in [1.82, 2.24) is 14.5 Å². The number of thiophene rings is 1. The number of hydrogen-bond acceptors (Lipinski definition) is 3. The summed E-state index contributed by atoms with van der Waals surface area (Å²) in [6.45, 7) is -4.37. The Morgan fingerprint density at radius 1 is 0.660 bits per heavy atom. The molecule has 3 heterocycles. The van der Waals surface area contributed by atoms with Gasteiger partial charge in [-0.05, 0) is 72.8 Å². The van der Waals surface area contributed by atoms with Crippen LogP contribution >= 0.6 is 11.3 Å². The summed E-state index contributed by atoms with van der Waals surface area (Å²) in [5, 5.41) is 4.42. The van der Waals surface area contributed by atoms with Crippen molar-refractivity contribution in [1.29, 1.82) is 0 Å². The van der Waals surface area contributed by atoms with Gasteiger partial charge in [0.15, 0.2) is 0 Å². The van der Waals surface area contributed by atoms with Crippen LogP contribution in [-0.2, 0) is 20.1 Å². The third kappa shape index (κ3) is 7.42. The van der Waals surface area contributed by atoms with Crippen LogP contribution in [0.25, 0.3) is 71.7 Å². The van der Waals surface area contributed by atoms with Crippen LogP contribution < -0.4 is 0 Å². The number of aryl methyl sites for hydroxylation is 4. The van der Waals surface area contributed by atoms with Gasteiger partial charge in [0.2, 0.25) is 0 Å². The van der Waals surface area contributed by atoms with Crippen molar-refractivity contribution in [3.8, 4) is 50.6 Å². The fraction of sp³-hybridized carbons (Fsp3) is 0.0833. The number of fused-ring (bicyclic) bond motifs is 2. The van der Waals surface area contributed by atoms with Crippen molar-refractivity contribution >= 4 is 32.5 Å². The first-order chi connectivity index (χ1) is 29.1. The van der Waals surface area contributed by atoms with Crippen LogP contribution in [0.5, 0.6) is 0 Å². The number of imidazole rings is 1. The van der Waals surface area contributed by atoms with Gasteiger partial charge in [-0.25, -0.2) is 0 Å². The minimum absolute atomic E-state index is 0. The Labute approximate surface area is 341 Å². The second-order valence-corrected chi connectivity index (χ2v) is 13.3. The molecule has 6 aromatic carbocycles. The molecule has 0 atom stereocenters. The van der Waals surface area contributed by atoms with Gasteiger partial charge in [-0.2, -0.15) is 0 Å². The summed E-state index contributed by atoms with van der Waals surface area (Å²) in [5.41, 5.74) is 11.3. The fourth-order valence-electron chi connectivity index (χ4n) is 6.39. The van der Waals surface area contributed by atoms with Crippen molar-refractivity contribution in [2.75, 3.05) is 0 Å². The number of nitrogens with zero attached hydrogens (tertiary/aromatic N) is 3. The average molecular weight is 889 g/mol. The molecule has 0 bridgehead atoms. The number of para-hydroxylation sites is 2. The van der Waals surface area contributed by atoms with Gasteiger partial charge in [-0.15, -0.1) is 46.8 Å². The van der Waals surface area contributed by atoms with Crippen LogP contribution in [0.2, 0.25) is 0 Å². The van der Waals surface area contributed by atoms with Crippen LogP contribution in [0.1, 0.15) is 34.6 Å². The number of rotatable bonds is 5. The molecule has 0 N–H and O–H groups in total. The van der Waals surface area contributed by atoms with Crippen molar-refractivity contribution in [2.24, 2.45) is 0 Å². The van der Waals surface area contributed by atoms with Gasteiger partial charge in [0, 0.05) is 49.8 Å². The molecule has 0 fully saturated rings. The second kappa shape index (κ2) is 15.7. The van der Waals surface area contributed by atoms with Gasteiger partial charge in [-0.1, -0.05) is 125 Å². The van der Waals surface area contributed by atoms with E-state index < -0.39 is 20.6 Å². The van der Waals surface area contributed by atoms with E-state index in [4.69, 9.17) is 17.3 Å². The first kappa shape index (κ1) is 26.3. The molecular formula is C48H37IrN3S-2. The number of hydrogen-bond donors (Lipinski definition) is 0. The molecule has 0 aliphatic carbocycles. The smallest absolute Gasteiger partial charge is 0.0774 e. The van der Waals surface area contributed by atoms with Crippen LogP contribution in [0, 0.1) is 38.9 Å². The molecule has 0 saturated heterocycles. The summed E-state index contributed by atoms with van der Waals surface area (Å²) < 4.78 is 70.4. The molecule has 5 heteroatoms. The molecule has 0 aliphatic heterocycles. The molecule has 261 valence electrons. The van der Waals surface area contributed by atoms with E-state index in [1.807, 2.05) is 36.4 Å². The Bertz CT molecular complexity index is 2860. The number of benzene rings is 6. The Morgan fingerprint density at radius 3 is 1.96 bits per heavy atom. The van der Waals surface area contributed by atoms with E-state index >= 15 is 0 Å². The minimum atomic E-state index is -2.18. The van der Waals surface area contributed by atoms with E-state index in [9.17, 15) is 0 Å². The standard InChI is InChI=1S/C35H25N2S.C13H12N.Ir/c1-23-17-18-27-30(22-38-33(27)21-23)35-36-31-15-9-10-16-32(31)37(35)34-28(25-11-5-3-6-12-25)19-24(2)20-29(34)26-13-7-4-8-14-26;1-10-3-6-12(7-4-10)13-8-5-11(2)9-14-13;/h3-21H,1-2H3;3-6,8-9H,1-2H3;/q2*-1;/i1D3;1D3,2D3;. The molecule has 1 radical (unpaired) electrons. The first-order valence-corrected chi connectivity index (χ1v) is 17.6. The Hall–Kier alpha value is -5.45. The molecule has 3 aromatic heterocycles. The Balaban J connectivity index is 0.000000233. The molecule has 0 unspecified atom stereocenters. The van der Waals surface area contributed by atoms with Gasteiger partial charge in [0.1, 0.15) is 0 Å². The van der Waals surface area contributed by atoms with E-state index in [0.717, 1.165) is 60.4 Å². The molecular weight excluding hydrogens is 843 g/mol. The average Bonchev–Trinajstić information content (AvgIpc) is 3.85. The van der Waals surface area contributed by atoms with Crippen LogP contribution in [-0.4, -0.2) is 14.5 Å². The number of pyridine rings is 1. The minimum Gasteiger partial charge on any atom is -0.332 e. The Morgan fingerprint density at radius 2 is 1.32 bits per heavy atom. The van der Waals surface area contributed by atoms with Gasteiger partial charge in [0.05, 0.1) is 22.5 Å². The third-order valence-corrected chi connectivity index (χ3v) is 9.66. The largest absolute Gasteiger partial charge is 0.332 e. The van der Waals surface area contributed by atoms with E-state index in [1.54, 1.807) is 24.3 Å². The SMILES string of the molecule is [2H]C([2H])([2H])c1c[c-]c(-c2ccc(C([2H])([2H])[2H])cn2)cc1.[2H]C([2H])([2H])c1ccc2c(-c3nc4ccccc4n3-c3c(-c4ccccc4)cc(C)cc3-c3ccccc3)[c-]sc2c1.[Ir]. The molecule has 0 saturated carbocycles. The zero-order valence-electron chi connectivity index (χ0n) is 37.5. The van der Waals surface area contributed by atoms with Crippen LogP contribution in [0.4, 0.5) is 0 Å². The van der Waals surface area contributed by atoms with E-state index in [0.29, 0.717) is 16.8 Å². The zero-order chi connectivity index (χ0) is 43.1. The summed E-state index contributed by atoms with van der Waals surface area (Å²) in [5.74, 6) is 0.775. The van der Waals surface area contributed by atoms with Crippen molar-refractivity contribution < 1.29 is 32.4 Å². The molecule has 0 spiro atoms. The molecule has 0 aliphatic rings. The van der Waals surface area contributed by atoms with Gasteiger partial charge in [0.25, 0.3) is 0 Å². The normalized spacial score (nSPS) is 14.1. The second-order valence-electron chi connectivity index (χ2n) is 12.4. The van der Waals surface area contributed by atoms with Crippen molar-refractivity contribution in [3.63, 3.8) is 0 Å². The van der Waals surface area contributed by atoms with E-state index in [-0.39, 0.29) is 31.2 Å². The molecule has 53 heavy (non-hydrogen) atoms. The first-order valence-electron chi connectivity index (χ1n) is 21.2. The predicted molar refractivity (Wildman–Crippen MR) is 219 cm³/mol. The maximum atomic E-state index is 7.88. The molecule has 3 nitrogen and oxygen atoms in total. The maximum Gasteiger partial charge on any atom is 0.0774 e. The summed E-state index contributed by atoms with van der Waals surface area (Å²) in [4.78, 5) is 9.25. The van der Waals surface area contributed by atoms with Crippen LogP contribution in [0.15, 0.2) is 152 Å². The molecule has 9 rings (SSSR count). The quantitative estimate of drug-likeness (QED) is 0.161.